The topological polar surface area (TPSA) is 84.0 Å². The Balaban J connectivity index is 2.23. The van der Waals surface area contributed by atoms with E-state index in [2.05, 4.69) is 0 Å². The van der Waals surface area contributed by atoms with Crippen LogP contribution in [0.3, 0.4) is 0 Å². The summed E-state index contributed by atoms with van der Waals surface area (Å²) in [6.07, 6.45) is 1.18. The zero-order chi connectivity index (χ0) is 14.8. The number of rotatable bonds is 3. The summed E-state index contributed by atoms with van der Waals surface area (Å²) in [6.45, 7) is 0. The van der Waals surface area contributed by atoms with Gasteiger partial charge in [0.05, 0.1) is 16.1 Å². The van der Waals surface area contributed by atoms with Crippen LogP contribution in [0.2, 0.25) is 0 Å². The van der Waals surface area contributed by atoms with Crippen LogP contribution in [0.15, 0.2) is 57.2 Å². The average molecular weight is 304 g/mol. The number of nitrogen functional groups attached to an aromatic ring is 1. The zero-order valence-electron chi connectivity index (χ0n) is 10.7. The molecule has 0 saturated heterocycles. The van der Waals surface area contributed by atoms with Gasteiger partial charge in [0.15, 0.2) is 9.84 Å². The molecule has 0 fully saturated rings. The van der Waals surface area contributed by atoms with E-state index in [-0.39, 0.29) is 0 Å². The second kappa shape index (κ2) is 5.57. The first kappa shape index (κ1) is 14.4. The normalized spacial score (nSPS) is 11.0. The minimum absolute atomic E-state index is 0.293. The van der Waals surface area contributed by atoms with E-state index >= 15 is 0 Å². The van der Waals surface area contributed by atoms with Gasteiger partial charge in [-0.25, -0.2) is 8.42 Å². The first-order valence-electron chi connectivity index (χ1n) is 5.68. The van der Waals surface area contributed by atoms with Gasteiger partial charge in [-0.2, -0.15) is 5.26 Å². The predicted octanol–water partition coefficient (Wildman–Crippen LogP) is 2.70. The van der Waals surface area contributed by atoms with Crippen molar-refractivity contribution in [2.24, 2.45) is 0 Å². The lowest BCUT2D eigenvalue weighted by Gasteiger charge is -2.05. The lowest BCUT2D eigenvalue weighted by molar-refractivity contribution is 0.602. The van der Waals surface area contributed by atoms with E-state index < -0.39 is 9.84 Å². The second-order valence-corrected chi connectivity index (χ2v) is 7.37. The van der Waals surface area contributed by atoms with Crippen LogP contribution in [-0.2, 0) is 9.84 Å². The van der Waals surface area contributed by atoms with Crippen LogP contribution in [0, 0.1) is 11.3 Å². The molecule has 0 aromatic heterocycles. The Morgan fingerprint density at radius 2 is 1.70 bits per heavy atom. The molecular weight excluding hydrogens is 292 g/mol. The molecular formula is C14H12N2O2S2. The van der Waals surface area contributed by atoms with Crippen LogP contribution in [0.25, 0.3) is 0 Å². The van der Waals surface area contributed by atoms with Crippen molar-refractivity contribution in [3.8, 4) is 6.07 Å². The fourth-order valence-electron chi connectivity index (χ4n) is 1.60. The van der Waals surface area contributed by atoms with Gasteiger partial charge < -0.3 is 5.73 Å². The largest absolute Gasteiger partial charge is 0.398 e. The Bertz CT molecular complexity index is 776. The van der Waals surface area contributed by atoms with E-state index in [1.165, 1.54) is 18.0 Å². The molecule has 4 nitrogen and oxygen atoms in total. The molecule has 6 heteroatoms. The molecule has 0 aliphatic heterocycles. The Hall–Kier alpha value is -1.97. The second-order valence-electron chi connectivity index (χ2n) is 4.21. The summed E-state index contributed by atoms with van der Waals surface area (Å²) < 4.78 is 22.7. The van der Waals surface area contributed by atoms with E-state index in [1.54, 1.807) is 36.4 Å². The highest BCUT2D eigenvalue weighted by molar-refractivity contribution is 7.99. The molecule has 0 bridgehead atoms. The highest BCUT2D eigenvalue weighted by Gasteiger charge is 2.07. The zero-order valence-corrected chi connectivity index (χ0v) is 12.3. The standard InChI is InChI=1S/C14H12N2O2S2/c1-20(17,18)13-6-4-11(5-7-13)19-12-3-2-10(9-15)14(16)8-12/h2-8H,16H2,1H3. The van der Waals surface area contributed by atoms with E-state index in [0.717, 1.165) is 9.79 Å². The lowest BCUT2D eigenvalue weighted by atomic mass is 10.2. The Morgan fingerprint density at radius 3 is 2.20 bits per heavy atom. The predicted molar refractivity (Wildman–Crippen MR) is 79.2 cm³/mol. The molecule has 0 unspecified atom stereocenters. The number of nitriles is 1. The van der Waals surface area contributed by atoms with E-state index in [1.807, 2.05) is 12.1 Å². The molecule has 0 aliphatic carbocycles. The minimum atomic E-state index is -3.17. The van der Waals surface area contributed by atoms with Gasteiger partial charge in [0.25, 0.3) is 0 Å². The van der Waals surface area contributed by atoms with E-state index in [0.29, 0.717) is 16.1 Å². The summed E-state index contributed by atoms with van der Waals surface area (Å²) in [5.74, 6) is 0. The Labute approximate surface area is 122 Å². The molecule has 2 aromatic carbocycles. The molecule has 0 radical (unpaired) electrons. The molecule has 0 spiro atoms. The molecule has 2 rings (SSSR count). The first-order chi connectivity index (χ1) is 9.40. The van der Waals surface area contributed by atoms with Crippen LogP contribution in [-0.4, -0.2) is 14.7 Å². The first-order valence-corrected chi connectivity index (χ1v) is 8.38. The number of sulfone groups is 1. The number of hydrogen-bond donors (Lipinski definition) is 1. The summed E-state index contributed by atoms with van der Waals surface area (Å²) in [7, 11) is -3.17. The maximum absolute atomic E-state index is 11.4. The molecule has 0 atom stereocenters. The van der Waals surface area contributed by atoms with Crippen molar-refractivity contribution in [2.75, 3.05) is 12.0 Å². The third-order valence-corrected chi connectivity index (χ3v) is 4.76. The average Bonchev–Trinajstić information content (AvgIpc) is 2.38. The van der Waals surface area contributed by atoms with Crippen molar-refractivity contribution in [3.63, 3.8) is 0 Å². The van der Waals surface area contributed by atoms with Gasteiger partial charge in [-0.3, -0.25) is 0 Å². The molecule has 102 valence electrons. The van der Waals surface area contributed by atoms with Gasteiger partial charge in [0.1, 0.15) is 6.07 Å². The summed E-state index contributed by atoms with van der Waals surface area (Å²) in [5.41, 5.74) is 6.63. The van der Waals surface area contributed by atoms with Crippen LogP contribution < -0.4 is 5.73 Å². The smallest absolute Gasteiger partial charge is 0.175 e. The third kappa shape index (κ3) is 3.32. The summed E-state index contributed by atoms with van der Waals surface area (Å²) in [4.78, 5) is 2.09. The summed E-state index contributed by atoms with van der Waals surface area (Å²) in [6, 6.07) is 13.9. The SMILES string of the molecule is CS(=O)(=O)c1ccc(Sc2ccc(C#N)c(N)c2)cc1. The monoisotopic (exact) mass is 304 g/mol. The van der Waals surface area contributed by atoms with Crippen molar-refractivity contribution in [1.82, 2.24) is 0 Å². The Morgan fingerprint density at radius 1 is 1.10 bits per heavy atom. The molecule has 0 heterocycles. The lowest BCUT2D eigenvalue weighted by Crippen LogP contribution is -1.96. The highest BCUT2D eigenvalue weighted by Crippen LogP contribution is 2.30. The number of hydrogen-bond acceptors (Lipinski definition) is 5. The minimum Gasteiger partial charge on any atom is -0.398 e. The molecule has 0 saturated carbocycles. The Kier molecular flexibility index (Phi) is 4.02. The number of benzene rings is 2. The quantitative estimate of drug-likeness (QED) is 0.881. The van der Waals surface area contributed by atoms with Crippen LogP contribution in [0.5, 0.6) is 0 Å². The maximum Gasteiger partial charge on any atom is 0.175 e. The molecule has 0 aliphatic rings. The fraction of sp³-hybridized carbons (Fsp3) is 0.0714. The van der Waals surface area contributed by atoms with Crippen LogP contribution in [0.4, 0.5) is 5.69 Å². The molecule has 0 amide bonds. The fourth-order valence-corrected chi connectivity index (χ4v) is 3.09. The van der Waals surface area contributed by atoms with Gasteiger partial charge in [-0.1, -0.05) is 11.8 Å². The third-order valence-electron chi connectivity index (χ3n) is 2.63. The molecule has 2 aromatic rings. The van der Waals surface area contributed by atoms with Crippen LogP contribution in [0.1, 0.15) is 5.56 Å². The van der Waals surface area contributed by atoms with Crippen molar-refractivity contribution in [3.05, 3.63) is 48.0 Å². The molecule has 2 N–H and O–H groups in total. The van der Waals surface area contributed by atoms with Gasteiger partial charge >= 0.3 is 0 Å². The van der Waals surface area contributed by atoms with Gasteiger partial charge in [0, 0.05) is 16.0 Å². The number of anilines is 1. The highest BCUT2D eigenvalue weighted by atomic mass is 32.2. The van der Waals surface area contributed by atoms with Crippen molar-refractivity contribution in [1.29, 1.82) is 5.26 Å². The number of nitrogens with zero attached hydrogens (tertiary/aromatic N) is 1. The van der Waals surface area contributed by atoms with Gasteiger partial charge in [0.2, 0.25) is 0 Å². The van der Waals surface area contributed by atoms with Gasteiger partial charge in [-0.05, 0) is 42.5 Å². The summed E-state index contributed by atoms with van der Waals surface area (Å²) >= 11 is 1.46. The van der Waals surface area contributed by atoms with Crippen molar-refractivity contribution in [2.45, 2.75) is 14.7 Å². The number of nitrogens with two attached hydrogens (primary N) is 1. The van der Waals surface area contributed by atoms with Crippen molar-refractivity contribution < 1.29 is 8.42 Å². The summed E-state index contributed by atoms with van der Waals surface area (Å²) in [5, 5.41) is 8.81. The molecule has 20 heavy (non-hydrogen) atoms. The van der Waals surface area contributed by atoms with E-state index in [9.17, 15) is 8.42 Å². The van der Waals surface area contributed by atoms with E-state index in [4.69, 9.17) is 11.0 Å². The van der Waals surface area contributed by atoms with Gasteiger partial charge in [-0.15, -0.1) is 0 Å². The van der Waals surface area contributed by atoms with Crippen LogP contribution >= 0.6 is 11.8 Å². The van der Waals surface area contributed by atoms with Crippen molar-refractivity contribution >= 4 is 27.3 Å². The maximum atomic E-state index is 11.4.